The smallest absolute Gasteiger partial charge is 0.119 e. The van der Waals surface area contributed by atoms with Gasteiger partial charge in [0.05, 0.1) is 18.8 Å². The highest BCUT2D eigenvalue weighted by atomic mass is 16.5. The van der Waals surface area contributed by atoms with E-state index in [0.29, 0.717) is 6.04 Å². The highest BCUT2D eigenvalue weighted by Gasteiger charge is 2.18. The Morgan fingerprint density at radius 2 is 1.80 bits per heavy atom. The summed E-state index contributed by atoms with van der Waals surface area (Å²) in [5.74, 6) is 0.887. The maximum Gasteiger partial charge on any atom is 0.119 e. The largest absolute Gasteiger partial charge is 0.491 e. The molecule has 2 N–H and O–H groups in total. The van der Waals surface area contributed by atoms with E-state index in [2.05, 4.69) is 17.4 Å². The first-order valence-corrected chi connectivity index (χ1v) is 7.82. The molecule has 0 amide bonds. The fourth-order valence-corrected chi connectivity index (χ4v) is 2.86. The van der Waals surface area contributed by atoms with Crippen molar-refractivity contribution in [2.45, 2.75) is 64.1 Å². The normalized spacial score (nSPS) is 18.2. The fourth-order valence-electron chi connectivity index (χ4n) is 2.86. The molecule has 0 aliphatic heterocycles. The molecule has 112 valence electrons. The number of benzene rings is 1. The number of aliphatic hydroxyl groups is 1. The van der Waals surface area contributed by atoms with E-state index < -0.39 is 0 Å². The molecule has 1 aromatic rings. The van der Waals surface area contributed by atoms with Crippen LogP contribution in [0.2, 0.25) is 0 Å². The molecule has 0 aromatic heterocycles. The summed E-state index contributed by atoms with van der Waals surface area (Å²) in [6.45, 7) is 4.19. The van der Waals surface area contributed by atoms with Gasteiger partial charge in [0.2, 0.25) is 0 Å². The van der Waals surface area contributed by atoms with E-state index in [1.165, 1.54) is 32.1 Å². The summed E-state index contributed by atoms with van der Waals surface area (Å²) >= 11 is 0. The third-order valence-corrected chi connectivity index (χ3v) is 3.88. The Balaban J connectivity index is 1.95. The zero-order valence-electron chi connectivity index (χ0n) is 12.6. The molecular formula is C17H27NO2. The first-order chi connectivity index (χ1) is 9.69. The lowest BCUT2D eigenvalue weighted by atomic mass is 9.94. The van der Waals surface area contributed by atoms with E-state index in [9.17, 15) is 5.11 Å². The predicted octanol–water partition coefficient (Wildman–Crippen LogP) is 3.43. The van der Waals surface area contributed by atoms with E-state index in [-0.39, 0.29) is 18.8 Å². The third kappa shape index (κ3) is 4.50. The molecule has 1 unspecified atom stereocenters. The summed E-state index contributed by atoms with van der Waals surface area (Å²) in [6, 6.07) is 8.66. The van der Waals surface area contributed by atoms with Gasteiger partial charge in [-0.3, -0.25) is 0 Å². The maximum atomic E-state index is 9.63. The molecule has 1 aliphatic rings. The number of hydrogen-bond donors (Lipinski definition) is 2. The van der Waals surface area contributed by atoms with E-state index in [1.807, 2.05) is 26.0 Å². The Hall–Kier alpha value is -1.06. The third-order valence-electron chi connectivity index (χ3n) is 3.88. The van der Waals surface area contributed by atoms with Crippen molar-refractivity contribution in [3.63, 3.8) is 0 Å². The molecule has 0 heterocycles. The highest BCUT2D eigenvalue weighted by molar-refractivity contribution is 5.29. The lowest BCUT2D eigenvalue weighted by Gasteiger charge is -2.28. The van der Waals surface area contributed by atoms with E-state index in [1.54, 1.807) is 0 Å². The highest BCUT2D eigenvalue weighted by Crippen LogP contribution is 2.23. The standard InChI is InChI=1S/C17H27NO2/c1-13(2)20-16-10-8-14(9-11-16)17(12-19)18-15-6-4-3-5-7-15/h8-11,13,15,17-19H,3-7,12H2,1-2H3. The van der Waals surface area contributed by atoms with Crippen LogP contribution in [-0.2, 0) is 0 Å². The van der Waals surface area contributed by atoms with Crippen molar-refractivity contribution in [2.75, 3.05) is 6.61 Å². The number of aliphatic hydroxyl groups excluding tert-OH is 1. The first-order valence-electron chi connectivity index (χ1n) is 7.82. The Labute approximate surface area is 122 Å². The van der Waals surface area contributed by atoms with Gasteiger partial charge in [0, 0.05) is 6.04 Å². The van der Waals surface area contributed by atoms with Gasteiger partial charge in [-0.25, -0.2) is 0 Å². The van der Waals surface area contributed by atoms with Crippen LogP contribution in [0.15, 0.2) is 24.3 Å². The summed E-state index contributed by atoms with van der Waals surface area (Å²) in [6.07, 6.45) is 6.60. The van der Waals surface area contributed by atoms with Gasteiger partial charge < -0.3 is 15.2 Å². The molecule has 0 saturated heterocycles. The quantitative estimate of drug-likeness (QED) is 0.837. The summed E-state index contributed by atoms with van der Waals surface area (Å²) < 4.78 is 5.65. The monoisotopic (exact) mass is 277 g/mol. The van der Waals surface area contributed by atoms with Crippen molar-refractivity contribution < 1.29 is 9.84 Å². The summed E-state index contributed by atoms with van der Waals surface area (Å²) in [4.78, 5) is 0. The summed E-state index contributed by atoms with van der Waals surface area (Å²) in [7, 11) is 0. The number of rotatable bonds is 6. The fraction of sp³-hybridized carbons (Fsp3) is 0.647. The Bertz CT molecular complexity index is 382. The van der Waals surface area contributed by atoms with Crippen LogP contribution in [0.1, 0.15) is 57.6 Å². The molecule has 2 rings (SSSR count). The molecule has 20 heavy (non-hydrogen) atoms. The zero-order valence-corrected chi connectivity index (χ0v) is 12.6. The molecule has 1 aromatic carbocycles. The van der Waals surface area contributed by atoms with Crippen LogP contribution in [0.4, 0.5) is 0 Å². The van der Waals surface area contributed by atoms with Crippen molar-refractivity contribution in [2.24, 2.45) is 0 Å². The second kappa shape index (κ2) is 7.65. The van der Waals surface area contributed by atoms with E-state index in [0.717, 1.165) is 11.3 Å². The molecule has 1 saturated carbocycles. The number of ether oxygens (including phenoxy) is 1. The zero-order chi connectivity index (χ0) is 14.4. The van der Waals surface area contributed by atoms with Crippen LogP contribution < -0.4 is 10.1 Å². The molecule has 3 nitrogen and oxygen atoms in total. The van der Waals surface area contributed by atoms with E-state index >= 15 is 0 Å². The van der Waals surface area contributed by atoms with Gasteiger partial charge in [-0.05, 0) is 44.4 Å². The topological polar surface area (TPSA) is 41.5 Å². The van der Waals surface area contributed by atoms with Gasteiger partial charge in [-0.15, -0.1) is 0 Å². The van der Waals surface area contributed by atoms with Crippen LogP contribution in [0.3, 0.4) is 0 Å². The van der Waals surface area contributed by atoms with Crippen LogP contribution in [-0.4, -0.2) is 23.9 Å². The van der Waals surface area contributed by atoms with Gasteiger partial charge in [0.15, 0.2) is 0 Å². The minimum atomic E-state index is 0.0335. The van der Waals surface area contributed by atoms with Crippen molar-refractivity contribution in [3.05, 3.63) is 29.8 Å². The molecule has 1 fully saturated rings. The maximum absolute atomic E-state index is 9.63. The second-order valence-corrected chi connectivity index (χ2v) is 5.97. The molecule has 1 aliphatic carbocycles. The summed E-state index contributed by atoms with van der Waals surface area (Å²) in [5, 5.41) is 13.2. The van der Waals surface area contributed by atoms with Crippen LogP contribution in [0, 0.1) is 0 Å². The van der Waals surface area contributed by atoms with Crippen LogP contribution >= 0.6 is 0 Å². The number of hydrogen-bond acceptors (Lipinski definition) is 3. The molecule has 1 atom stereocenters. The summed E-state index contributed by atoms with van der Waals surface area (Å²) in [5.41, 5.74) is 1.13. The van der Waals surface area contributed by atoms with Gasteiger partial charge in [-0.1, -0.05) is 31.4 Å². The van der Waals surface area contributed by atoms with Crippen molar-refractivity contribution in [3.8, 4) is 5.75 Å². The van der Waals surface area contributed by atoms with Gasteiger partial charge in [-0.2, -0.15) is 0 Å². The van der Waals surface area contributed by atoms with Gasteiger partial charge >= 0.3 is 0 Å². The first kappa shape index (κ1) is 15.3. The molecule has 0 bridgehead atoms. The predicted molar refractivity (Wildman–Crippen MR) is 82.0 cm³/mol. The minimum Gasteiger partial charge on any atom is -0.491 e. The molecule has 3 heteroatoms. The van der Waals surface area contributed by atoms with Crippen LogP contribution in [0.5, 0.6) is 5.75 Å². The SMILES string of the molecule is CC(C)Oc1ccc(C(CO)NC2CCCCC2)cc1. The van der Waals surface area contributed by atoms with Crippen LogP contribution in [0.25, 0.3) is 0 Å². The lowest BCUT2D eigenvalue weighted by Crippen LogP contribution is -2.36. The Morgan fingerprint density at radius 1 is 1.15 bits per heavy atom. The molecule has 0 spiro atoms. The minimum absolute atomic E-state index is 0.0335. The second-order valence-electron chi connectivity index (χ2n) is 5.97. The Morgan fingerprint density at radius 3 is 2.35 bits per heavy atom. The van der Waals surface area contributed by atoms with E-state index in [4.69, 9.17) is 4.74 Å². The van der Waals surface area contributed by atoms with Crippen molar-refractivity contribution in [1.82, 2.24) is 5.32 Å². The molecular weight excluding hydrogens is 250 g/mol. The Kier molecular flexibility index (Phi) is 5.86. The van der Waals surface area contributed by atoms with Gasteiger partial charge in [0.1, 0.15) is 5.75 Å². The van der Waals surface area contributed by atoms with Crippen molar-refractivity contribution >= 4 is 0 Å². The molecule has 0 radical (unpaired) electrons. The number of nitrogens with one attached hydrogen (secondary N) is 1. The average molecular weight is 277 g/mol. The van der Waals surface area contributed by atoms with Crippen molar-refractivity contribution in [1.29, 1.82) is 0 Å². The average Bonchev–Trinajstić information content (AvgIpc) is 2.46. The van der Waals surface area contributed by atoms with Gasteiger partial charge in [0.25, 0.3) is 0 Å². The lowest BCUT2D eigenvalue weighted by molar-refractivity contribution is 0.219.